The van der Waals surface area contributed by atoms with E-state index in [1.807, 2.05) is 30.5 Å². The minimum Gasteiger partial charge on any atom is -0.497 e. The zero-order chi connectivity index (χ0) is 9.97. The maximum Gasteiger partial charge on any atom is 0.123 e. The number of aromatic nitrogens is 1. The second kappa shape index (κ2) is 3.80. The van der Waals surface area contributed by atoms with Gasteiger partial charge in [0, 0.05) is 16.6 Å². The molecule has 72 valence electrons. The van der Waals surface area contributed by atoms with Gasteiger partial charge in [0.25, 0.3) is 0 Å². The van der Waals surface area contributed by atoms with Gasteiger partial charge in [0.05, 0.1) is 7.11 Å². The van der Waals surface area contributed by atoms with Crippen molar-refractivity contribution in [2.45, 2.75) is 6.92 Å². The van der Waals surface area contributed by atoms with E-state index in [2.05, 4.69) is 11.9 Å². The van der Waals surface area contributed by atoms with Crippen LogP contribution in [0.2, 0.25) is 0 Å². The third-order valence-corrected chi connectivity index (χ3v) is 2.92. The molecule has 0 atom stereocenters. The fourth-order valence-electron chi connectivity index (χ4n) is 1.22. The molecule has 0 saturated heterocycles. The predicted octanol–water partition coefficient (Wildman–Crippen LogP) is 3.13. The Labute approximate surface area is 87.2 Å². The highest BCUT2D eigenvalue weighted by molar-refractivity contribution is 7.14. The Bertz CT molecular complexity index is 419. The first kappa shape index (κ1) is 9.21. The Kier molecular flexibility index (Phi) is 2.50. The van der Waals surface area contributed by atoms with Gasteiger partial charge < -0.3 is 4.74 Å². The summed E-state index contributed by atoms with van der Waals surface area (Å²) in [6, 6.07) is 7.95. The lowest BCUT2D eigenvalue weighted by Crippen LogP contribution is -1.81. The van der Waals surface area contributed by atoms with Crippen LogP contribution in [0.1, 0.15) is 4.88 Å². The van der Waals surface area contributed by atoms with E-state index >= 15 is 0 Å². The van der Waals surface area contributed by atoms with Gasteiger partial charge in [-0.3, -0.25) is 0 Å². The van der Waals surface area contributed by atoms with Gasteiger partial charge in [-0.1, -0.05) is 0 Å². The molecule has 0 spiro atoms. The van der Waals surface area contributed by atoms with E-state index in [4.69, 9.17) is 4.74 Å². The van der Waals surface area contributed by atoms with E-state index in [1.165, 1.54) is 4.88 Å². The molecule has 0 bridgehead atoms. The summed E-state index contributed by atoms with van der Waals surface area (Å²) in [5, 5.41) is 1.06. The normalized spacial score (nSPS) is 10.1. The molecule has 0 N–H and O–H groups in total. The zero-order valence-corrected chi connectivity index (χ0v) is 8.97. The number of thiazole rings is 1. The van der Waals surface area contributed by atoms with Crippen LogP contribution in [0, 0.1) is 6.92 Å². The van der Waals surface area contributed by atoms with Crippen LogP contribution >= 0.6 is 11.3 Å². The van der Waals surface area contributed by atoms with Crippen LogP contribution < -0.4 is 4.74 Å². The van der Waals surface area contributed by atoms with Crippen LogP contribution in [-0.4, -0.2) is 12.1 Å². The summed E-state index contributed by atoms with van der Waals surface area (Å²) in [4.78, 5) is 5.55. The number of methoxy groups -OCH3 is 1. The average molecular weight is 205 g/mol. The number of nitrogens with zero attached hydrogens (tertiary/aromatic N) is 1. The van der Waals surface area contributed by atoms with Gasteiger partial charge in [-0.05, 0) is 31.2 Å². The van der Waals surface area contributed by atoms with E-state index < -0.39 is 0 Å². The molecule has 0 aliphatic rings. The van der Waals surface area contributed by atoms with Crippen molar-refractivity contribution in [2.24, 2.45) is 0 Å². The van der Waals surface area contributed by atoms with Crippen LogP contribution in [0.25, 0.3) is 10.6 Å². The molecule has 1 heterocycles. The summed E-state index contributed by atoms with van der Waals surface area (Å²) in [6.45, 7) is 2.06. The molecule has 0 radical (unpaired) electrons. The fourth-order valence-corrected chi connectivity index (χ4v) is 1.99. The van der Waals surface area contributed by atoms with Crippen molar-refractivity contribution in [3.63, 3.8) is 0 Å². The second-order valence-corrected chi connectivity index (χ2v) is 4.24. The zero-order valence-electron chi connectivity index (χ0n) is 8.15. The van der Waals surface area contributed by atoms with Crippen LogP contribution in [0.4, 0.5) is 0 Å². The lowest BCUT2D eigenvalue weighted by atomic mass is 10.2. The molecule has 2 aromatic rings. The van der Waals surface area contributed by atoms with E-state index in [0.29, 0.717) is 0 Å². The molecule has 2 rings (SSSR count). The molecule has 0 aliphatic carbocycles. The predicted molar refractivity (Wildman–Crippen MR) is 58.8 cm³/mol. The minimum absolute atomic E-state index is 0.877. The van der Waals surface area contributed by atoms with Gasteiger partial charge in [0.2, 0.25) is 0 Å². The Balaban J connectivity index is 2.33. The SMILES string of the molecule is COc1ccc(-c2ncc(C)s2)cc1. The van der Waals surface area contributed by atoms with Gasteiger partial charge >= 0.3 is 0 Å². The Morgan fingerprint density at radius 2 is 1.93 bits per heavy atom. The topological polar surface area (TPSA) is 22.1 Å². The average Bonchev–Trinajstić information content (AvgIpc) is 2.65. The number of ether oxygens (including phenoxy) is 1. The van der Waals surface area contributed by atoms with Gasteiger partial charge in [-0.15, -0.1) is 11.3 Å². The van der Waals surface area contributed by atoms with Crippen LogP contribution in [0.3, 0.4) is 0 Å². The second-order valence-electron chi connectivity index (χ2n) is 3.00. The molecule has 0 aliphatic heterocycles. The molecular weight excluding hydrogens is 194 g/mol. The summed E-state index contributed by atoms with van der Waals surface area (Å²) in [6.07, 6.45) is 1.89. The molecule has 2 nitrogen and oxygen atoms in total. The van der Waals surface area contributed by atoms with E-state index in [-0.39, 0.29) is 0 Å². The van der Waals surface area contributed by atoms with E-state index in [9.17, 15) is 0 Å². The number of hydrogen-bond acceptors (Lipinski definition) is 3. The first-order chi connectivity index (χ1) is 6.79. The van der Waals surface area contributed by atoms with Crippen molar-refractivity contribution in [1.29, 1.82) is 0 Å². The van der Waals surface area contributed by atoms with E-state index in [1.54, 1.807) is 18.4 Å². The van der Waals surface area contributed by atoms with Gasteiger partial charge in [0.15, 0.2) is 0 Å². The third-order valence-electron chi connectivity index (χ3n) is 1.96. The summed E-state index contributed by atoms with van der Waals surface area (Å²) in [5.74, 6) is 0.877. The van der Waals surface area contributed by atoms with Crippen molar-refractivity contribution < 1.29 is 4.74 Å². The molecule has 0 amide bonds. The molecular formula is C11H11NOS. The fraction of sp³-hybridized carbons (Fsp3) is 0.182. The molecule has 14 heavy (non-hydrogen) atoms. The molecule has 3 heteroatoms. The van der Waals surface area contributed by atoms with Gasteiger partial charge in [-0.2, -0.15) is 0 Å². The first-order valence-electron chi connectivity index (χ1n) is 4.36. The highest BCUT2D eigenvalue weighted by Gasteiger charge is 2.01. The third kappa shape index (κ3) is 1.77. The number of benzene rings is 1. The monoisotopic (exact) mass is 205 g/mol. The lowest BCUT2D eigenvalue weighted by molar-refractivity contribution is 0.415. The smallest absolute Gasteiger partial charge is 0.123 e. The van der Waals surface area contributed by atoms with Crippen LogP contribution in [0.5, 0.6) is 5.75 Å². The Morgan fingerprint density at radius 1 is 1.21 bits per heavy atom. The standard InChI is InChI=1S/C11H11NOS/c1-8-7-12-11(14-8)9-3-5-10(13-2)6-4-9/h3-7H,1-2H3. The van der Waals surface area contributed by atoms with Crippen molar-refractivity contribution in [2.75, 3.05) is 7.11 Å². The van der Waals surface area contributed by atoms with Gasteiger partial charge in [0.1, 0.15) is 10.8 Å². The van der Waals surface area contributed by atoms with Gasteiger partial charge in [-0.25, -0.2) is 4.98 Å². The summed E-state index contributed by atoms with van der Waals surface area (Å²) < 4.78 is 5.09. The highest BCUT2D eigenvalue weighted by atomic mass is 32.1. The summed E-state index contributed by atoms with van der Waals surface area (Å²) in [5.41, 5.74) is 1.14. The molecule has 0 fully saturated rings. The van der Waals surface area contributed by atoms with Crippen molar-refractivity contribution in [3.05, 3.63) is 35.3 Å². The maximum atomic E-state index is 5.09. The lowest BCUT2D eigenvalue weighted by Gasteiger charge is -1.99. The summed E-state index contributed by atoms with van der Waals surface area (Å²) >= 11 is 1.70. The number of rotatable bonds is 2. The van der Waals surface area contributed by atoms with Crippen LogP contribution in [-0.2, 0) is 0 Å². The minimum atomic E-state index is 0.877. The van der Waals surface area contributed by atoms with Crippen molar-refractivity contribution in [1.82, 2.24) is 4.98 Å². The highest BCUT2D eigenvalue weighted by Crippen LogP contribution is 2.26. The number of hydrogen-bond donors (Lipinski definition) is 0. The van der Waals surface area contributed by atoms with E-state index in [0.717, 1.165) is 16.3 Å². The molecule has 1 aromatic heterocycles. The number of aryl methyl sites for hydroxylation is 1. The summed E-state index contributed by atoms with van der Waals surface area (Å²) in [7, 11) is 1.67. The molecule has 1 aromatic carbocycles. The van der Waals surface area contributed by atoms with Crippen molar-refractivity contribution >= 4 is 11.3 Å². The maximum absolute atomic E-state index is 5.09. The quantitative estimate of drug-likeness (QED) is 0.751. The molecule has 0 saturated carbocycles. The van der Waals surface area contributed by atoms with Crippen molar-refractivity contribution in [3.8, 4) is 16.3 Å². The Hall–Kier alpha value is -1.35. The van der Waals surface area contributed by atoms with Crippen LogP contribution in [0.15, 0.2) is 30.5 Å². The molecule has 0 unspecified atom stereocenters. The first-order valence-corrected chi connectivity index (χ1v) is 5.18. The largest absolute Gasteiger partial charge is 0.497 e. The Morgan fingerprint density at radius 3 is 2.43 bits per heavy atom.